The SMILES string of the molecule is C[C@](N)(C(=O)O)c1cc(Cl)sc1Cl. The van der Waals surface area contributed by atoms with E-state index in [4.69, 9.17) is 34.0 Å². The number of carbonyl (C=O) groups is 1. The summed E-state index contributed by atoms with van der Waals surface area (Å²) in [6.07, 6.45) is 0. The molecule has 72 valence electrons. The van der Waals surface area contributed by atoms with E-state index < -0.39 is 11.5 Å². The van der Waals surface area contributed by atoms with Crippen molar-refractivity contribution in [1.82, 2.24) is 0 Å². The average Bonchev–Trinajstić information content (AvgIpc) is 2.30. The number of rotatable bonds is 2. The summed E-state index contributed by atoms with van der Waals surface area (Å²) in [5.74, 6) is -1.14. The lowest BCUT2D eigenvalue weighted by atomic mass is 9.97. The van der Waals surface area contributed by atoms with Gasteiger partial charge in [-0.25, -0.2) is 4.79 Å². The van der Waals surface area contributed by atoms with Crippen molar-refractivity contribution in [2.24, 2.45) is 5.73 Å². The minimum atomic E-state index is -1.49. The Morgan fingerprint density at radius 3 is 2.54 bits per heavy atom. The topological polar surface area (TPSA) is 63.3 Å². The van der Waals surface area contributed by atoms with Crippen LogP contribution in [0.15, 0.2) is 6.07 Å². The van der Waals surface area contributed by atoms with Crippen LogP contribution < -0.4 is 5.73 Å². The van der Waals surface area contributed by atoms with Crippen LogP contribution in [0.2, 0.25) is 8.67 Å². The van der Waals surface area contributed by atoms with Crippen molar-refractivity contribution in [3.63, 3.8) is 0 Å². The molecule has 0 saturated heterocycles. The summed E-state index contributed by atoms with van der Waals surface area (Å²) in [4.78, 5) is 10.8. The number of hydrogen-bond donors (Lipinski definition) is 2. The second kappa shape index (κ2) is 3.46. The molecule has 6 heteroatoms. The van der Waals surface area contributed by atoms with Crippen molar-refractivity contribution in [3.8, 4) is 0 Å². The maximum Gasteiger partial charge on any atom is 0.328 e. The maximum absolute atomic E-state index is 10.8. The fourth-order valence-electron chi connectivity index (χ4n) is 0.810. The van der Waals surface area contributed by atoms with Crippen LogP contribution >= 0.6 is 34.5 Å². The summed E-state index contributed by atoms with van der Waals surface area (Å²) >= 11 is 12.5. The zero-order valence-electron chi connectivity index (χ0n) is 6.67. The van der Waals surface area contributed by atoms with Crippen molar-refractivity contribution < 1.29 is 9.90 Å². The molecule has 0 aliphatic rings. The van der Waals surface area contributed by atoms with Crippen LogP contribution in [0, 0.1) is 0 Å². The Morgan fingerprint density at radius 2 is 2.23 bits per heavy atom. The van der Waals surface area contributed by atoms with Gasteiger partial charge < -0.3 is 10.8 Å². The summed E-state index contributed by atoms with van der Waals surface area (Å²) in [5, 5.41) is 8.81. The van der Waals surface area contributed by atoms with Crippen LogP contribution in [0.25, 0.3) is 0 Å². The monoisotopic (exact) mass is 239 g/mol. The van der Waals surface area contributed by atoms with Gasteiger partial charge in [0, 0.05) is 5.56 Å². The summed E-state index contributed by atoms with van der Waals surface area (Å²) in [5.41, 5.74) is 4.42. The summed E-state index contributed by atoms with van der Waals surface area (Å²) in [7, 11) is 0. The van der Waals surface area contributed by atoms with E-state index >= 15 is 0 Å². The van der Waals surface area contributed by atoms with Gasteiger partial charge in [0.2, 0.25) is 0 Å². The molecule has 0 fully saturated rings. The Bertz CT molecular complexity index is 348. The summed E-state index contributed by atoms with van der Waals surface area (Å²) < 4.78 is 0.746. The van der Waals surface area contributed by atoms with E-state index in [2.05, 4.69) is 0 Å². The molecular weight excluding hydrogens is 233 g/mol. The molecule has 3 N–H and O–H groups in total. The normalized spacial score (nSPS) is 15.4. The molecule has 0 aliphatic heterocycles. The molecule has 0 unspecified atom stereocenters. The molecule has 1 aromatic rings. The third-order valence-electron chi connectivity index (χ3n) is 1.66. The number of aliphatic carboxylic acids is 1. The quantitative estimate of drug-likeness (QED) is 0.833. The number of halogens is 2. The van der Waals surface area contributed by atoms with Gasteiger partial charge in [-0.05, 0) is 13.0 Å². The molecule has 1 heterocycles. The molecule has 1 aromatic heterocycles. The fourth-order valence-corrected chi connectivity index (χ4v) is 2.50. The number of carboxylic acids is 1. The molecule has 0 aliphatic carbocycles. The molecule has 0 bridgehead atoms. The molecule has 0 radical (unpaired) electrons. The second-order valence-corrected chi connectivity index (χ2v) is 5.03. The van der Waals surface area contributed by atoms with Crippen LogP contribution in [0.5, 0.6) is 0 Å². The zero-order chi connectivity index (χ0) is 10.2. The Kier molecular flexibility index (Phi) is 2.87. The first-order chi connectivity index (χ1) is 5.85. The third kappa shape index (κ3) is 1.96. The molecule has 0 spiro atoms. The highest BCUT2D eigenvalue weighted by Crippen LogP contribution is 2.36. The van der Waals surface area contributed by atoms with Crippen LogP contribution in [-0.4, -0.2) is 11.1 Å². The van der Waals surface area contributed by atoms with E-state index in [9.17, 15) is 4.79 Å². The van der Waals surface area contributed by atoms with Gasteiger partial charge in [0.1, 0.15) is 9.88 Å². The average molecular weight is 240 g/mol. The van der Waals surface area contributed by atoms with Crippen molar-refractivity contribution in [1.29, 1.82) is 0 Å². The lowest BCUT2D eigenvalue weighted by Crippen LogP contribution is -2.41. The van der Waals surface area contributed by atoms with Crippen LogP contribution in [0.3, 0.4) is 0 Å². The van der Waals surface area contributed by atoms with Crippen molar-refractivity contribution in [3.05, 3.63) is 20.3 Å². The Hall–Kier alpha value is -0.290. The van der Waals surface area contributed by atoms with E-state index in [1.54, 1.807) is 0 Å². The van der Waals surface area contributed by atoms with Gasteiger partial charge in [-0.1, -0.05) is 23.2 Å². The minimum absolute atomic E-state index is 0.317. The Morgan fingerprint density at radius 1 is 1.69 bits per heavy atom. The summed E-state index contributed by atoms with van der Waals surface area (Å²) in [6, 6.07) is 1.47. The second-order valence-electron chi connectivity index (χ2n) is 2.75. The van der Waals surface area contributed by atoms with E-state index in [1.165, 1.54) is 13.0 Å². The standard InChI is InChI=1S/C7H7Cl2NO2S/c1-7(10,6(11)12)3-2-4(8)13-5(3)9/h2H,10H2,1H3,(H,11,12)/t7-/m1/s1. The fraction of sp³-hybridized carbons (Fsp3) is 0.286. The van der Waals surface area contributed by atoms with Gasteiger partial charge in [-0.3, -0.25) is 0 Å². The van der Waals surface area contributed by atoms with E-state index in [0.717, 1.165) is 11.3 Å². The number of carboxylic acid groups (broad SMARTS) is 1. The van der Waals surface area contributed by atoms with Crippen LogP contribution in [0.1, 0.15) is 12.5 Å². The van der Waals surface area contributed by atoms with Crippen LogP contribution in [0.4, 0.5) is 0 Å². The van der Waals surface area contributed by atoms with Crippen molar-refractivity contribution in [2.75, 3.05) is 0 Å². The molecule has 13 heavy (non-hydrogen) atoms. The Balaban J connectivity index is 3.21. The van der Waals surface area contributed by atoms with Gasteiger partial charge in [-0.15, -0.1) is 11.3 Å². The third-order valence-corrected chi connectivity index (χ3v) is 3.15. The van der Waals surface area contributed by atoms with Gasteiger partial charge >= 0.3 is 5.97 Å². The molecule has 1 atom stereocenters. The largest absolute Gasteiger partial charge is 0.480 e. The molecule has 0 amide bonds. The van der Waals surface area contributed by atoms with E-state index in [-0.39, 0.29) is 0 Å². The van der Waals surface area contributed by atoms with Gasteiger partial charge in [0.15, 0.2) is 0 Å². The first kappa shape index (κ1) is 10.8. The smallest absolute Gasteiger partial charge is 0.328 e. The zero-order valence-corrected chi connectivity index (χ0v) is 9.00. The minimum Gasteiger partial charge on any atom is -0.480 e. The molecular formula is C7H7Cl2NO2S. The number of hydrogen-bond acceptors (Lipinski definition) is 3. The van der Waals surface area contributed by atoms with E-state index in [1.807, 2.05) is 0 Å². The number of nitrogens with two attached hydrogens (primary N) is 1. The molecule has 3 nitrogen and oxygen atoms in total. The highest BCUT2D eigenvalue weighted by atomic mass is 35.5. The maximum atomic E-state index is 10.8. The van der Waals surface area contributed by atoms with Gasteiger partial charge in [-0.2, -0.15) is 0 Å². The van der Waals surface area contributed by atoms with E-state index in [0.29, 0.717) is 14.2 Å². The molecule has 1 rings (SSSR count). The predicted octanol–water partition coefficient (Wildman–Crippen LogP) is 2.31. The lowest BCUT2D eigenvalue weighted by molar-refractivity contribution is -0.143. The highest BCUT2D eigenvalue weighted by molar-refractivity contribution is 7.20. The van der Waals surface area contributed by atoms with Gasteiger partial charge in [0.25, 0.3) is 0 Å². The predicted molar refractivity (Wildman–Crippen MR) is 53.5 cm³/mol. The highest BCUT2D eigenvalue weighted by Gasteiger charge is 2.33. The Labute approximate surface area is 89.1 Å². The first-order valence-corrected chi connectivity index (χ1v) is 4.90. The van der Waals surface area contributed by atoms with Gasteiger partial charge in [0.05, 0.1) is 4.34 Å². The van der Waals surface area contributed by atoms with Crippen molar-refractivity contribution >= 4 is 40.5 Å². The van der Waals surface area contributed by atoms with Crippen LogP contribution in [-0.2, 0) is 10.3 Å². The summed E-state index contributed by atoms with van der Waals surface area (Å²) in [6.45, 7) is 1.37. The lowest BCUT2D eigenvalue weighted by Gasteiger charge is -2.17. The number of thiophene rings is 1. The first-order valence-electron chi connectivity index (χ1n) is 3.33. The molecule has 0 aromatic carbocycles. The van der Waals surface area contributed by atoms with Crippen molar-refractivity contribution in [2.45, 2.75) is 12.5 Å². The molecule has 0 saturated carbocycles.